The van der Waals surface area contributed by atoms with E-state index in [2.05, 4.69) is 38.1 Å². The summed E-state index contributed by atoms with van der Waals surface area (Å²) in [6.07, 6.45) is 6.90. The minimum Gasteiger partial charge on any atom is -0.371 e. The SMILES string of the molecule is Cc1c(NC(=O)N2CCCN(c3ncccn3)CC2)cccc1N1CCCC1. The smallest absolute Gasteiger partial charge is 0.321 e. The van der Waals surface area contributed by atoms with Crippen LogP contribution in [0.5, 0.6) is 0 Å². The van der Waals surface area contributed by atoms with Crippen LogP contribution in [0, 0.1) is 6.92 Å². The highest BCUT2D eigenvalue weighted by Gasteiger charge is 2.22. The maximum atomic E-state index is 12.9. The predicted octanol–water partition coefficient (Wildman–Crippen LogP) is 3.13. The number of urea groups is 1. The Morgan fingerprint density at radius 1 is 0.893 bits per heavy atom. The largest absolute Gasteiger partial charge is 0.371 e. The van der Waals surface area contributed by atoms with E-state index in [1.165, 1.54) is 18.5 Å². The lowest BCUT2D eigenvalue weighted by Gasteiger charge is -2.25. The van der Waals surface area contributed by atoms with Crippen molar-refractivity contribution in [3.63, 3.8) is 0 Å². The van der Waals surface area contributed by atoms with Gasteiger partial charge < -0.3 is 20.0 Å². The molecule has 1 aromatic heterocycles. The van der Waals surface area contributed by atoms with Gasteiger partial charge in [0.1, 0.15) is 0 Å². The zero-order valence-electron chi connectivity index (χ0n) is 16.5. The van der Waals surface area contributed by atoms with E-state index in [-0.39, 0.29) is 6.03 Å². The third-order valence-corrected chi connectivity index (χ3v) is 5.61. The molecule has 7 nitrogen and oxygen atoms in total. The first-order valence-corrected chi connectivity index (χ1v) is 10.1. The second-order valence-electron chi connectivity index (χ2n) is 7.45. The number of rotatable bonds is 3. The van der Waals surface area contributed by atoms with Gasteiger partial charge in [-0.25, -0.2) is 14.8 Å². The van der Waals surface area contributed by atoms with Crippen molar-refractivity contribution in [2.75, 3.05) is 54.4 Å². The first-order valence-electron chi connectivity index (χ1n) is 10.1. The van der Waals surface area contributed by atoms with Gasteiger partial charge in [0.05, 0.1) is 0 Å². The van der Waals surface area contributed by atoms with Crippen LogP contribution in [-0.4, -0.2) is 60.2 Å². The molecule has 0 bridgehead atoms. The number of carbonyl (C=O) groups excluding carboxylic acids is 1. The molecular weight excluding hydrogens is 352 g/mol. The normalized spacial score (nSPS) is 17.5. The van der Waals surface area contributed by atoms with Crippen LogP contribution in [0.4, 0.5) is 22.1 Å². The van der Waals surface area contributed by atoms with E-state index in [4.69, 9.17) is 0 Å². The van der Waals surface area contributed by atoms with Gasteiger partial charge in [-0.3, -0.25) is 0 Å². The van der Waals surface area contributed by atoms with Gasteiger partial charge in [0.25, 0.3) is 0 Å². The standard InChI is InChI=1S/C21H28N6O/c1-17-18(7-4-8-19(17)25-11-2-3-12-25)24-21(28)27-14-6-13-26(15-16-27)20-22-9-5-10-23-20/h4-5,7-10H,2-3,6,11-16H2,1H3,(H,24,28). The molecule has 148 valence electrons. The van der Waals surface area contributed by atoms with E-state index < -0.39 is 0 Å². The molecule has 28 heavy (non-hydrogen) atoms. The molecule has 2 aromatic rings. The molecule has 2 aliphatic rings. The van der Waals surface area contributed by atoms with Crippen molar-refractivity contribution in [3.05, 3.63) is 42.2 Å². The van der Waals surface area contributed by atoms with E-state index in [0.29, 0.717) is 6.54 Å². The molecule has 2 aliphatic heterocycles. The molecule has 2 amide bonds. The van der Waals surface area contributed by atoms with E-state index in [0.717, 1.165) is 56.3 Å². The zero-order valence-corrected chi connectivity index (χ0v) is 16.5. The lowest BCUT2D eigenvalue weighted by atomic mass is 10.1. The average Bonchev–Trinajstić information content (AvgIpc) is 3.14. The summed E-state index contributed by atoms with van der Waals surface area (Å²) in [4.78, 5) is 28.0. The Bertz CT molecular complexity index is 806. The summed E-state index contributed by atoms with van der Waals surface area (Å²) in [5.41, 5.74) is 3.28. The molecule has 1 aromatic carbocycles. The van der Waals surface area contributed by atoms with Crippen molar-refractivity contribution in [2.24, 2.45) is 0 Å². The number of hydrogen-bond donors (Lipinski definition) is 1. The molecular formula is C21H28N6O. The van der Waals surface area contributed by atoms with Gasteiger partial charge in [0.15, 0.2) is 0 Å². The van der Waals surface area contributed by atoms with Crippen molar-refractivity contribution in [1.29, 1.82) is 0 Å². The lowest BCUT2D eigenvalue weighted by Crippen LogP contribution is -2.38. The van der Waals surface area contributed by atoms with E-state index in [1.807, 2.05) is 23.1 Å². The number of hydrogen-bond acceptors (Lipinski definition) is 5. The third-order valence-electron chi connectivity index (χ3n) is 5.61. The number of nitrogens with one attached hydrogen (secondary N) is 1. The summed E-state index contributed by atoms with van der Waals surface area (Å²) in [6, 6.07) is 7.97. The summed E-state index contributed by atoms with van der Waals surface area (Å²) < 4.78 is 0. The van der Waals surface area contributed by atoms with Crippen LogP contribution in [0.25, 0.3) is 0 Å². The summed E-state index contributed by atoms with van der Waals surface area (Å²) >= 11 is 0. The van der Waals surface area contributed by atoms with Crippen molar-refractivity contribution in [3.8, 4) is 0 Å². The second-order valence-corrected chi connectivity index (χ2v) is 7.45. The number of benzene rings is 1. The Labute approximate surface area is 166 Å². The molecule has 4 rings (SSSR count). The Morgan fingerprint density at radius 3 is 2.43 bits per heavy atom. The third kappa shape index (κ3) is 4.03. The van der Waals surface area contributed by atoms with Gasteiger partial charge in [0, 0.05) is 63.0 Å². The van der Waals surface area contributed by atoms with E-state index in [1.54, 1.807) is 12.4 Å². The lowest BCUT2D eigenvalue weighted by molar-refractivity contribution is 0.215. The number of nitrogens with zero attached hydrogens (tertiary/aromatic N) is 5. The summed E-state index contributed by atoms with van der Waals surface area (Å²) in [5, 5.41) is 3.14. The topological polar surface area (TPSA) is 64.6 Å². The molecule has 0 unspecified atom stereocenters. The van der Waals surface area contributed by atoms with Gasteiger partial charge >= 0.3 is 6.03 Å². The van der Waals surface area contributed by atoms with E-state index in [9.17, 15) is 4.79 Å². The first kappa shape index (κ1) is 18.5. The molecule has 0 radical (unpaired) electrons. The number of carbonyl (C=O) groups is 1. The minimum absolute atomic E-state index is 0.0301. The fourth-order valence-electron chi connectivity index (χ4n) is 4.03. The maximum Gasteiger partial charge on any atom is 0.321 e. The highest BCUT2D eigenvalue weighted by molar-refractivity contribution is 5.91. The van der Waals surface area contributed by atoms with Gasteiger partial charge in [-0.1, -0.05) is 6.07 Å². The predicted molar refractivity (Wildman–Crippen MR) is 112 cm³/mol. The molecule has 3 heterocycles. The maximum absolute atomic E-state index is 12.9. The Balaban J connectivity index is 1.41. The van der Waals surface area contributed by atoms with Gasteiger partial charge in [0.2, 0.25) is 5.95 Å². The van der Waals surface area contributed by atoms with Crippen LogP contribution in [0.3, 0.4) is 0 Å². The van der Waals surface area contributed by atoms with Crippen LogP contribution in [-0.2, 0) is 0 Å². The molecule has 2 saturated heterocycles. The van der Waals surface area contributed by atoms with Crippen molar-refractivity contribution >= 4 is 23.4 Å². The van der Waals surface area contributed by atoms with Crippen molar-refractivity contribution in [1.82, 2.24) is 14.9 Å². The molecule has 0 atom stereocenters. The number of aromatic nitrogens is 2. The fourth-order valence-corrected chi connectivity index (χ4v) is 4.03. The van der Waals surface area contributed by atoms with Crippen LogP contribution in [0.2, 0.25) is 0 Å². The highest BCUT2D eigenvalue weighted by atomic mass is 16.2. The first-order chi connectivity index (χ1) is 13.7. The Kier molecular flexibility index (Phi) is 5.60. The molecule has 2 fully saturated rings. The van der Waals surface area contributed by atoms with Gasteiger partial charge in [-0.15, -0.1) is 0 Å². The fraction of sp³-hybridized carbons (Fsp3) is 0.476. The van der Waals surface area contributed by atoms with Gasteiger partial charge in [-0.05, 0) is 49.9 Å². The summed E-state index contributed by atoms with van der Waals surface area (Å²) in [6.45, 7) is 7.29. The monoisotopic (exact) mass is 380 g/mol. The van der Waals surface area contributed by atoms with Crippen LogP contribution < -0.4 is 15.1 Å². The zero-order chi connectivity index (χ0) is 19.3. The molecule has 1 N–H and O–H groups in total. The quantitative estimate of drug-likeness (QED) is 0.886. The van der Waals surface area contributed by atoms with E-state index >= 15 is 0 Å². The molecule has 7 heteroatoms. The van der Waals surface area contributed by atoms with Crippen LogP contribution >= 0.6 is 0 Å². The Hall–Kier alpha value is -2.83. The second kappa shape index (κ2) is 8.46. The molecule has 0 aliphatic carbocycles. The Morgan fingerprint density at radius 2 is 1.64 bits per heavy atom. The highest BCUT2D eigenvalue weighted by Crippen LogP contribution is 2.29. The minimum atomic E-state index is -0.0301. The van der Waals surface area contributed by atoms with Crippen molar-refractivity contribution < 1.29 is 4.79 Å². The summed E-state index contributed by atoms with van der Waals surface area (Å²) in [7, 11) is 0. The summed E-state index contributed by atoms with van der Waals surface area (Å²) in [5.74, 6) is 0.735. The van der Waals surface area contributed by atoms with Gasteiger partial charge in [-0.2, -0.15) is 0 Å². The average molecular weight is 380 g/mol. The van der Waals surface area contributed by atoms with Crippen LogP contribution in [0.15, 0.2) is 36.7 Å². The molecule has 0 saturated carbocycles. The van der Waals surface area contributed by atoms with Crippen molar-refractivity contribution in [2.45, 2.75) is 26.2 Å². The number of amides is 2. The molecule has 0 spiro atoms. The number of anilines is 3. The van der Waals surface area contributed by atoms with Crippen LogP contribution in [0.1, 0.15) is 24.8 Å².